The highest BCUT2D eigenvalue weighted by atomic mass is 16.5. The summed E-state index contributed by atoms with van der Waals surface area (Å²) in [5, 5.41) is 13.3. The van der Waals surface area contributed by atoms with Crippen LogP contribution in [0, 0.1) is 0 Å². The fourth-order valence-electron chi connectivity index (χ4n) is 3.90. The Morgan fingerprint density at radius 2 is 2.07 bits per heavy atom. The minimum atomic E-state index is -1.06. The third kappa shape index (κ3) is 4.32. The number of benzene rings is 2. The van der Waals surface area contributed by atoms with Crippen molar-refractivity contribution >= 4 is 22.8 Å². The molecule has 1 aliphatic rings. The van der Waals surface area contributed by atoms with Crippen molar-refractivity contribution in [3.63, 3.8) is 0 Å². The van der Waals surface area contributed by atoms with Crippen LogP contribution in [0.5, 0.6) is 0 Å². The fourth-order valence-corrected chi connectivity index (χ4v) is 3.90. The van der Waals surface area contributed by atoms with Crippen LogP contribution in [0.4, 0.5) is 0 Å². The van der Waals surface area contributed by atoms with Crippen molar-refractivity contribution in [2.75, 3.05) is 13.2 Å². The lowest BCUT2D eigenvalue weighted by Gasteiger charge is -2.23. The summed E-state index contributed by atoms with van der Waals surface area (Å²) in [5.74, 6) is -1.16. The second-order valence-corrected chi connectivity index (χ2v) is 7.47. The molecule has 2 heterocycles. The van der Waals surface area contributed by atoms with E-state index in [1.807, 2.05) is 42.5 Å². The molecule has 29 heavy (non-hydrogen) atoms. The predicted octanol–water partition coefficient (Wildman–Crippen LogP) is 3.49. The summed E-state index contributed by atoms with van der Waals surface area (Å²) in [7, 11) is 0. The molecule has 0 bridgehead atoms. The Labute approximate surface area is 168 Å². The molecule has 1 unspecified atom stereocenters. The molecule has 1 amide bonds. The molecule has 3 N–H and O–H groups in total. The number of aliphatic carboxylic acids is 1. The second kappa shape index (κ2) is 8.49. The van der Waals surface area contributed by atoms with Crippen LogP contribution < -0.4 is 5.32 Å². The monoisotopic (exact) mass is 392 g/mol. The van der Waals surface area contributed by atoms with E-state index in [4.69, 9.17) is 4.74 Å². The molecule has 3 aromatic rings. The molecule has 150 valence electrons. The molecule has 0 saturated carbocycles. The average molecular weight is 392 g/mol. The summed E-state index contributed by atoms with van der Waals surface area (Å²) in [5.41, 5.74) is 3.33. The number of carboxylic acid groups (broad SMARTS) is 1. The molecular weight excluding hydrogens is 368 g/mol. The van der Waals surface area contributed by atoms with Crippen molar-refractivity contribution in [1.29, 1.82) is 0 Å². The van der Waals surface area contributed by atoms with Gasteiger partial charge in [0.1, 0.15) is 6.04 Å². The van der Waals surface area contributed by atoms with E-state index in [0.717, 1.165) is 41.5 Å². The number of aromatic amines is 1. The molecule has 6 heteroatoms. The van der Waals surface area contributed by atoms with E-state index in [9.17, 15) is 14.7 Å². The van der Waals surface area contributed by atoms with Gasteiger partial charge in [0.15, 0.2) is 0 Å². The molecule has 0 spiro atoms. The van der Waals surface area contributed by atoms with Gasteiger partial charge in [-0.3, -0.25) is 4.79 Å². The molecule has 6 nitrogen and oxygen atoms in total. The van der Waals surface area contributed by atoms with Gasteiger partial charge in [-0.15, -0.1) is 0 Å². The van der Waals surface area contributed by atoms with Gasteiger partial charge in [0.25, 0.3) is 5.91 Å². The van der Waals surface area contributed by atoms with Crippen molar-refractivity contribution in [3.05, 3.63) is 71.4 Å². The molecule has 4 rings (SSSR count). The molecule has 1 aromatic heterocycles. The quantitative estimate of drug-likeness (QED) is 0.599. The number of H-pyrrole nitrogens is 1. The number of ether oxygens (including phenoxy) is 1. The first-order valence-corrected chi connectivity index (χ1v) is 9.88. The summed E-state index contributed by atoms with van der Waals surface area (Å²) < 4.78 is 5.55. The number of para-hydroxylation sites is 1. The van der Waals surface area contributed by atoms with E-state index in [-0.39, 0.29) is 18.2 Å². The molecule has 1 aliphatic heterocycles. The summed E-state index contributed by atoms with van der Waals surface area (Å²) in [4.78, 5) is 27.7. The van der Waals surface area contributed by atoms with E-state index in [2.05, 4.69) is 10.3 Å². The molecule has 2 aromatic carbocycles. The first-order valence-electron chi connectivity index (χ1n) is 9.88. The molecule has 0 radical (unpaired) electrons. The lowest BCUT2D eigenvalue weighted by Crippen LogP contribution is -2.42. The number of fused-ring (bicyclic) bond motifs is 1. The van der Waals surface area contributed by atoms with Crippen molar-refractivity contribution in [3.8, 4) is 0 Å². The van der Waals surface area contributed by atoms with Gasteiger partial charge in [0, 0.05) is 41.6 Å². The number of aromatic nitrogens is 1. The number of hydrogen-bond donors (Lipinski definition) is 3. The Morgan fingerprint density at radius 1 is 1.21 bits per heavy atom. The zero-order valence-corrected chi connectivity index (χ0v) is 16.1. The molecular formula is C23H24N2O4. The van der Waals surface area contributed by atoms with Gasteiger partial charge >= 0.3 is 5.97 Å². The first kappa shape index (κ1) is 19.2. The number of nitrogens with one attached hydrogen (secondary N) is 2. The van der Waals surface area contributed by atoms with Gasteiger partial charge in [-0.05, 0) is 42.2 Å². The van der Waals surface area contributed by atoms with Crippen LogP contribution in [0.1, 0.15) is 40.2 Å². The summed E-state index contributed by atoms with van der Waals surface area (Å²) >= 11 is 0. The minimum absolute atomic E-state index is 0.210. The Bertz CT molecular complexity index is 1020. The van der Waals surface area contributed by atoms with Crippen LogP contribution >= 0.6 is 0 Å². The maximum Gasteiger partial charge on any atom is 0.326 e. The SMILES string of the molecule is O=C(N[C@H](Cc1c[nH]c2ccccc12)C(=O)O)c1cccc(C2CCCOC2)c1. The van der Waals surface area contributed by atoms with Crippen molar-refractivity contribution < 1.29 is 19.4 Å². The summed E-state index contributed by atoms with van der Waals surface area (Å²) in [6, 6.07) is 14.1. The van der Waals surface area contributed by atoms with E-state index in [0.29, 0.717) is 12.2 Å². The van der Waals surface area contributed by atoms with Crippen LogP contribution in [0.25, 0.3) is 10.9 Å². The Hall–Kier alpha value is -3.12. The van der Waals surface area contributed by atoms with E-state index < -0.39 is 12.0 Å². The lowest BCUT2D eigenvalue weighted by molar-refractivity contribution is -0.139. The first-order chi connectivity index (χ1) is 14.1. The van der Waals surface area contributed by atoms with Crippen molar-refractivity contribution in [2.45, 2.75) is 31.2 Å². The number of rotatable bonds is 6. The van der Waals surface area contributed by atoms with Gasteiger partial charge in [0.05, 0.1) is 6.61 Å². The predicted molar refractivity (Wildman–Crippen MR) is 110 cm³/mol. The van der Waals surface area contributed by atoms with E-state index in [1.54, 1.807) is 12.3 Å². The van der Waals surface area contributed by atoms with Crippen molar-refractivity contribution in [2.24, 2.45) is 0 Å². The number of amides is 1. The van der Waals surface area contributed by atoms with Crippen molar-refractivity contribution in [1.82, 2.24) is 10.3 Å². The summed E-state index contributed by atoms with van der Waals surface area (Å²) in [6.07, 6.45) is 4.05. The standard InChI is InChI=1S/C23H24N2O4/c26-22(16-6-3-5-15(11-16)17-7-4-10-29-14-17)25-21(23(27)28)12-18-13-24-20-9-2-1-8-19(18)20/h1-3,5-6,8-9,11,13,17,21,24H,4,7,10,12,14H2,(H,25,26)(H,27,28)/t17?,21-/m1/s1. The maximum absolute atomic E-state index is 12.8. The Morgan fingerprint density at radius 3 is 2.86 bits per heavy atom. The van der Waals surface area contributed by atoms with Gasteiger partial charge in [0.2, 0.25) is 0 Å². The molecule has 0 aliphatic carbocycles. The lowest BCUT2D eigenvalue weighted by atomic mass is 9.92. The highest BCUT2D eigenvalue weighted by Gasteiger charge is 2.23. The van der Waals surface area contributed by atoms with Crippen LogP contribution in [0.2, 0.25) is 0 Å². The molecule has 2 atom stereocenters. The highest BCUT2D eigenvalue weighted by molar-refractivity contribution is 5.97. The Kier molecular flexibility index (Phi) is 5.62. The van der Waals surface area contributed by atoms with Crippen LogP contribution in [-0.2, 0) is 16.0 Å². The molecule has 1 fully saturated rings. The largest absolute Gasteiger partial charge is 0.480 e. The number of hydrogen-bond acceptors (Lipinski definition) is 3. The van der Waals surface area contributed by atoms with Crippen LogP contribution in [-0.4, -0.2) is 41.2 Å². The second-order valence-electron chi connectivity index (χ2n) is 7.47. The Balaban J connectivity index is 1.50. The van der Waals surface area contributed by atoms with E-state index >= 15 is 0 Å². The fraction of sp³-hybridized carbons (Fsp3) is 0.304. The normalized spacial score (nSPS) is 17.7. The van der Waals surface area contributed by atoms with E-state index in [1.165, 1.54) is 0 Å². The average Bonchev–Trinajstić information content (AvgIpc) is 3.17. The van der Waals surface area contributed by atoms with Crippen LogP contribution in [0.3, 0.4) is 0 Å². The van der Waals surface area contributed by atoms with Gasteiger partial charge in [-0.25, -0.2) is 4.79 Å². The minimum Gasteiger partial charge on any atom is -0.480 e. The van der Waals surface area contributed by atoms with Gasteiger partial charge < -0.3 is 20.1 Å². The van der Waals surface area contributed by atoms with Gasteiger partial charge in [-0.2, -0.15) is 0 Å². The number of carbonyl (C=O) groups is 2. The zero-order chi connectivity index (χ0) is 20.2. The third-order valence-corrected chi connectivity index (χ3v) is 5.48. The zero-order valence-electron chi connectivity index (χ0n) is 16.1. The third-order valence-electron chi connectivity index (χ3n) is 5.48. The molecule has 1 saturated heterocycles. The summed E-state index contributed by atoms with van der Waals surface area (Å²) in [6.45, 7) is 1.44. The van der Waals surface area contributed by atoms with Gasteiger partial charge in [-0.1, -0.05) is 30.3 Å². The van der Waals surface area contributed by atoms with Crippen LogP contribution in [0.15, 0.2) is 54.7 Å². The highest BCUT2D eigenvalue weighted by Crippen LogP contribution is 2.26. The topological polar surface area (TPSA) is 91.4 Å². The number of carbonyl (C=O) groups excluding carboxylic acids is 1. The number of carboxylic acids is 1. The maximum atomic E-state index is 12.8. The smallest absolute Gasteiger partial charge is 0.326 e.